The van der Waals surface area contributed by atoms with Gasteiger partial charge in [-0.25, -0.2) is 27.5 Å². The Morgan fingerprint density at radius 1 is 1.00 bits per heavy atom. The minimum atomic E-state index is -2.96. The van der Waals surface area contributed by atoms with Crippen LogP contribution in [0.15, 0.2) is 70.3 Å². The van der Waals surface area contributed by atoms with Crippen LogP contribution in [0.3, 0.4) is 0 Å². The highest BCUT2D eigenvalue weighted by molar-refractivity contribution is 9.10. The Morgan fingerprint density at radius 3 is 2.07 bits per heavy atom. The number of halogens is 6. The van der Waals surface area contributed by atoms with Crippen molar-refractivity contribution in [1.29, 1.82) is 0 Å². The summed E-state index contributed by atoms with van der Waals surface area (Å²) in [5.74, 6) is -2.20. The number of rotatable bonds is 12. The summed E-state index contributed by atoms with van der Waals surface area (Å²) in [5, 5.41) is 12.0. The van der Waals surface area contributed by atoms with E-state index in [0.29, 0.717) is 0 Å². The molecule has 1 unspecified atom stereocenters. The minimum absolute atomic E-state index is 0.0145. The van der Waals surface area contributed by atoms with Gasteiger partial charge in [-0.05, 0) is 44.0 Å². The summed E-state index contributed by atoms with van der Waals surface area (Å²) in [6.07, 6.45) is -2.28. The van der Waals surface area contributed by atoms with Gasteiger partial charge in [0.25, 0.3) is 14.7 Å². The van der Waals surface area contributed by atoms with Crippen LogP contribution in [0.25, 0.3) is 10.9 Å². The zero-order valence-corrected chi connectivity index (χ0v) is 28.8. The normalized spacial score (nSPS) is 13.1. The van der Waals surface area contributed by atoms with Crippen molar-refractivity contribution in [2.24, 2.45) is 0 Å². The molecule has 5 nitrogen and oxygen atoms in total. The van der Waals surface area contributed by atoms with Crippen LogP contribution in [0, 0.1) is 11.6 Å². The molecule has 1 N–H and O–H groups in total. The fraction of sp³-hybridized carbons (Fsp3) is 0.355. The van der Waals surface area contributed by atoms with Crippen molar-refractivity contribution in [1.82, 2.24) is 9.97 Å². The first kappa shape index (κ1) is 34.6. The van der Waals surface area contributed by atoms with Gasteiger partial charge in [-0.15, -0.1) is 0 Å². The van der Waals surface area contributed by atoms with Gasteiger partial charge in [-0.2, -0.15) is 0 Å². The van der Waals surface area contributed by atoms with Crippen molar-refractivity contribution in [3.63, 3.8) is 0 Å². The summed E-state index contributed by atoms with van der Waals surface area (Å²) in [7, 11) is -2.96. The van der Waals surface area contributed by atoms with Crippen LogP contribution >= 0.6 is 39.3 Å². The molecule has 4 aromatic rings. The van der Waals surface area contributed by atoms with Crippen LogP contribution in [-0.2, 0) is 4.43 Å². The Kier molecular flexibility index (Phi) is 11.4. The lowest BCUT2D eigenvalue weighted by Crippen LogP contribution is -2.67. The van der Waals surface area contributed by atoms with E-state index in [9.17, 15) is 13.9 Å². The molecule has 0 saturated heterocycles. The molecule has 13 heteroatoms. The van der Waals surface area contributed by atoms with Gasteiger partial charge in [0.2, 0.25) is 0 Å². The highest BCUT2D eigenvalue weighted by Crippen LogP contribution is 2.40. The van der Waals surface area contributed by atoms with Gasteiger partial charge in [0.1, 0.15) is 11.3 Å². The number of aromatic nitrogens is 2. The average Bonchev–Trinajstić information content (AvgIpc) is 3.00. The molecule has 0 aliphatic rings. The SMILES string of the molecule is CSc1nc(N(CCC(O)CO[Si](c2ccccc2)(c2ccccc2)C(C)(C)C)CC(F)F)c2c(F)c(Cl)c(Br)c(F)c2n1. The fourth-order valence-electron chi connectivity index (χ4n) is 5.34. The van der Waals surface area contributed by atoms with Crippen molar-refractivity contribution < 1.29 is 27.1 Å². The van der Waals surface area contributed by atoms with Crippen molar-refractivity contribution in [2.45, 2.75) is 49.9 Å². The molecule has 1 atom stereocenters. The summed E-state index contributed by atoms with van der Waals surface area (Å²) >= 11 is 10.0. The highest BCUT2D eigenvalue weighted by atomic mass is 79.9. The first-order chi connectivity index (χ1) is 20.8. The van der Waals surface area contributed by atoms with E-state index in [-0.39, 0.29) is 45.6 Å². The Labute approximate surface area is 273 Å². The van der Waals surface area contributed by atoms with E-state index in [1.165, 1.54) is 0 Å². The summed E-state index contributed by atoms with van der Waals surface area (Å²) in [5.41, 5.74) is -0.386. The van der Waals surface area contributed by atoms with E-state index in [1.54, 1.807) is 6.26 Å². The number of benzene rings is 3. The third kappa shape index (κ3) is 7.10. The Hall–Kier alpha value is -2.22. The molecule has 0 bridgehead atoms. The van der Waals surface area contributed by atoms with Gasteiger partial charge in [0, 0.05) is 6.54 Å². The number of alkyl halides is 2. The maximum absolute atomic E-state index is 15.4. The van der Waals surface area contributed by atoms with Crippen LogP contribution in [0.1, 0.15) is 27.2 Å². The number of hydrogen-bond acceptors (Lipinski definition) is 6. The molecular formula is C31H33BrClF4N3O2SSi. The van der Waals surface area contributed by atoms with Crippen molar-refractivity contribution >= 4 is 74.7 Å². The van der Waals surface area contributed by atoms with E-state index in [2.05, 4.69) is 46.7 Å². The lowest BCUT2D eigenvalue weighted by Gasteiger charge is -2.43. The Balaban J connectivity index is 1.67. The molecule has 0 fully saturated rings. The molecule has 0 aliphatic carbocycles. The molecule has 0 aliphatic heterocycles. The van der Waals surface area contributed by atoms with E-state index in [4.69, 9.17) is 16.0 Å². The summed E-state index contributed by atoms with van der Waals surface area (Å²) in [4.78, 5) is 9.49. The monoisotopic (exact) mass is 729 g/mol. The van der Waals surface area contributed by atoms with Crippen LogP contribution in [0.4, 0.5) is 23.4 Å². The van der Waals surface area contributed by atoms with Crippen LogP contribution in [0.5, 0.6) is 0 Å². The second-order valence-corrected chi connectivity index (χ2v) is 17.5. The molecule has 0 spiro atoms. The second kappa shape index (κ2) is 14.5. The average molecular weight is 731 g/mol. The zero-order valence-electron chi connectivity index (χ0n) is 24.6. The highest BCUT2D eigenvalue weighted by Gasteiger charge is 2.50. The number of anilines is 1. The number of aliphatic hydroxyl groups excluding tert-OH is 1. The van der Waals surface area contributed by atoms with Crippen LogP contribution in [0.2, 0.25) is 10.1 Å². The van der Waals surface area contributed by atoms with Gasteiger partial charge < -0.3 is 14.4 Å². The largest absolute Gasteiger partial charge is 0.405 e. The van der Waals surface area contributed by atoms with E-state index in [0.717, 1.165) is 27.0 Å². The lowest BCUT2D eigenvalue weighted by molar-refractivity contribution is 0.0948. The topological polar surface area (TPSA) is 58.5 Å². The van der Waals surface area contributed by atoms with Crippen molar-refractivity contribution in [3.8, 4) is 0 Å². The first-order valence-electron chi connectivity index (χ1n) is 13.9. The summed E-state index contributed by atoms with van der Waals surface area (Å²) in [6, 6.07) is 19.8. The van der Waals surface area contributed by atoms with E-state index < -0.39 is 49.4 Å². The van der Waals surface area contributed by atoms with Crippen LogP contribution < -0.4 is 15.3 Å². The quantitative estimate of drug-likeness (QED) is 0.0409. The molecule has 0 radical (unpaired) electrons. The van der Waals surface area contributed by atoms with E-state index in [1.807, 2.05) is 60.7 Å². The molecule has 3 aromatic carbocycles. The smallest absolute Gasteiger partial charge is 0.261 e. The molecular weight excluding hydrogens is 698 g/mol. The van der Waals surface area contributed by atoms with Crippen molar-refractivity contribution in [3.05, 3.63) is 81.8 Å². The number of nitrogens with zero attached hydrogens (tertiary/aromatic N) is 3. The fourth-order valence-corrected chi connectivity index (χ4v) is 10.8. The van der Waals surface area contributed by atoms with Crippen molar-refractivity contribution in [2.75, 3.05) is 30.9 Å². The molecule has 44 heavy (non-hydrogen) atoms. The minimum Gasteiger partial charge on any atom is -0.405 e. The lowest BCUT2D eigenvalue weighted by atomic mass is 10.2. The van der Waals surface area contributed by atoms with Gasteiger partial charge in [-0.1, -0.05) is 105 Å². The second-order valence-electron chi connectivity index (χ2n) is 11.3. The maximum Gasteiger partial charge on any atom is 0.261 e. The van der Waals surface area contributed by atoms with Gasteiger partial charge in [0.05, 0.1) is 34.1 Å². The molecule has 236 valence electrons. The molecule has 4 rings (SSSR count). The van der Waals surface area contributed by atoms with Crippen LogP contribution in [-0.4, -0.2) is 61.9 Å². The molecule has 1 aromatic heterocycles. The predicted molar refractivity (Wildman–Crippen MR) is 176 cm³/mol. The maximum atomic E-state index is 15.4. The van der Waals surface area contributed by atoms with E-state index >= 15 is 8.78 Å². The molecule has 0 saturated carbocycles. The third-order valence-corrected chi connectivity index (χ3v) is 14.2. The Bertz CT molecular complexity index is 1550. The third-order valence-electron chi connectivity index (χ3n) is 7.36. The number of hydrogen-bond donors (Lipinski definition) is 1. The van der Waals surface area contributed by atoms with Gasteiger partial charge in [-0.3, -0.25) is 0 Å². The molecule has 0 amide bonds. The predicted octanol–water partition coefficient (Wildman–Crippen LogP) is 7.44. The number of fused-ring (bicyclic) bond motifs is 1. The van der Waals surface area contributed by atoms with Gasteiger partial charge >= 0.3 is 0 Å². The number of aliphatic hydroxyl groups is 1. The standard InChI is InChI=1S/C31H33BrClF4N3O2SSi/c1-31(2,3)44(20-11-7-5-8-12-20,21-13-9-6-10-14-21)42-18-19(41)15-16-40(17-22(34)35)29-23-26(36)25(33)24(32)27(37)28(23)38-30(39-29)43-4/h5-14,19,22,41H,15-18H2,1-4H3. The summed E-state index contributed by atoms with van der Waals surface area (Å²) < 4.78 is 64.7. The first-order valence-corrected chi connectivity index (χ1v) is 18.2. The molecule has 1 heterocycles. The number of thioether (sulfide) groups is 1. The summed E-state index contributed by atoms with van der Waals surface area (Å²) in [6.45, 7) is 5.27. The van der Waals surface area contributed by atoms with Gasteiger partial charge in [0.15, 0.2) is 16.8 Å². The zero-order chi connectivity index (χ0) is 32.2. The Morgan fingerprint density at radius 2 is 1.57 bits per heavy atom.